The van der Waals surface area contributed by atoms with Gasteiger partial charge in [-0.3, -0.25) is 0 Å². The van der Waals surface area contributed by atoms with E-state index in [0.717, 1.165) is 5.69 Å². The normalized spacial score (nSPS) is 11.8. The summed E-state index contributed by atoms with van der Waals surface area (Å²) in [6.45, 7) is 2.53. The molecule has 0 amide bonds. The van der Waals surface area contributed by atoms with Gasteiger partial charge in [-0.1, -0.05) is 12.2 Å². The average Bonchev–Trinajstić information content (AvgIpc) is 2.19. The molecule has 0 saturated heterocycles. The Balaban J connectivity index is 2.54. The predicted molar refractivity (Wildman–Crippen MR) is 56.4 cm³/mol. The lowest BCUT2D eigenvalue weighted by Gasteiger charge is -2.09. The van der Waals surface area contributed by atoms with E-state index in [1.807, 2.05) is 19.1 Å². The molecule has 1 N–H and O–H groups in total. The molecule has 0 bridgehead atoms. The molecule has 1 aromatic rings. The van der Waals surface area contributed by atoms with Gasteiger partial charge in [-0.05, 0) is 31.2 Å². The Kier molecular flexibility index (Phi) is 4.22. The molecule has 16 heavy (non-hydrogen) atoms. The highest BCUT2D eigenvalue weighted by Crippen LogP contribution is 2.23. The van der Waals surface area contributed by atoms with E-state index < -0.39 is 6.36 Å². The molecule has 0 aliphatic heterocycles. The molecular formula is C11H12F3NO. The molecule has 0 radical (unpaired) electrons. The zero-order chi connectivity index (χ0) is 12.0. The maximum absolute atomic E-state index is 11.8. The minimum Gasteiger partial charge on any atom is -0.406 e. The topological polar surface area (TPSA) is 21.3 Å². The van der Waals surface area contributed by atoms with Crippen LogP contribution in [0.2, 0.25) is 0 Å². The first-order valence-electron chi connectivity index (χ1n) is 4.72. The van der Waals surface area contributed by atoms with Crippen molar-refractivity contribution < 1.29 is 17.9 Å². The summed E-state index contributed by atoms with van der Waals surface area (Å²) in [5.41, 5.74) is 0.743. The van der Waals surface area contributed by atoms with Gasteiger partial charge in [0, 0.05) is 12.2 Å². The average molecular weight is 231 g/mol. The summed E-state index contributed by atoms with van der Waals surface area (Å²) in [5, 5.41) is 3.01. The second-order valence-electron chi connectivity index (χ2n) is 3.02. The van der Waals surface area contributed by atoms with Gasteiger partial charge in [0.25, 0.3) is 0 Å². The van der Waals surface area contributed by atoms with Crippen LogP contribution in [0, 0.1) is 0 Å². The van der Waals surface area contributed by atoms with E-state index in [1.165, 1.54) is 24.3 Å². The van der Waals surface area contributed by atoms with Crippen LogP contribution in [0.15, 0.2) is 36.4 Å². The molecule has 0 fully saturated rings. The van der Waals surface area contributed by atoms with Crippen molar-refractivity contribution >= 4 is 5.69 Å². The Hall–Kier alpha value is -1.65. The quantitative estimate of drug-likeness (QED) is 0.800. The Morgan fingerprint density at radius 3 is 2.38 bits per heavy atom. The largest absolute Gasteiger partial charge is 0.573 e. The second-order valence-corrected chi connectivity index (χ2v) is 3.02. The molecular weight excluding hydrogens is 219 g/mol. The molecule has 0 spiro atoms. The molecule has 0 aromatic heterocycles. The van der Waals surface area contributed by atoms with E-state index >= 15 is 0 Å². The van der Waals surface area contributed by atoms with E-state index in [4.69, 9.17) is 0 Å². The van der Waals surface area contributed by atoms with Gasteiger partial charge in [-0.25, -0.2) is 0 Å². The number of allylic oxidation sites excluding steroid dienone is 1. The second kappa shape index (κ2) is 5.44. The molecule has 0 unspecified atom stereocenters. The van der Waals surface area contributed by atoms with Gasteiger partial charge < -0.3 is 10.1 Å². The van der Waals surface area contributed by atoms with E-state index in [2.05, 4.69) is 10.1 Å². The highest BCUT2D eigenvalue weighted by atomic mass is 19.4. The van der Waals surface area contributed by atoms with Gasteiger partial charge in [0.2, 0.25) is 0 Å². The van der Waals surface area contributed by atoms with Crippen molar-refractivity contribution in [1.29, 1.82) is 0 Å². The number of hydrogen-bond acceptors (Lipinski definition) is 2. The van der Waals surface area contributed by atoms with Crippen LogP contribution in [0.25, 0.3) is 0 Å². The molecule has 0 aliphatic carbocycles. The number of nitrogens with one attached hydrogen (secondary N) is 1. The lowest BCUT2D eigenvalue weighted by molar-refractivity contribution is -0.274. The highest BCUT2D eigenvalue weighted by Gasteiger charge is 2.30. The number of rotatable bonds is 4. The molecule has 0 atom stereocenters. The van der Waals surface area contributed by atoms with Crippen molar-refractivity contribution in [2.24, 2.45) is 0 Å². The SMILES string of the molecule is CC=CCNc1ccc(OC(F)(F)F)cc1. The van der Waals surface area contributed by atoms with Gasteiger partial charge in [0.15, 0.2) is 0 Å². The molecule has 2 nitrogen and oxygen atoms in total. The number of alkyl halides is 3. The Morgan fingerprint density at radius 2 is 1.88 bits per heavy atom. The van der Waals surface area contributed by atoms with Crippen LogP contribution in [0.5, 0.6) is 5.75 Å². The van der Waals surface area contributed by atoms with E-state index in [1.54, 1.807) is 0 Å². The molecule has 0 heterocycles. The Morgan fingerprint density at radius 1 is 1.25 bits per heavy atom. The van der Waals surface area contributed by atoms with Crippen LogP contribution in [-0.4, -0.2) is 12.9 Å². The van der Waals surface area contributed by atoms with E-state index in [-0.39, 0.29) is 5.75 Å². The number of hydrogen-bond donors (Lipinski definition) is 1. The smallest absolute Gasteiger partial charge is 0.406 e. The van der Waals surface area contributed by atoms with Crippen molar-refractivity contribution in [2.45, 2.75) is 13.3 Å². The lowest BCUT2D eigenvalue weighted by atomic mass is 10.3. The number of benzene rings is 1. The third kappa shape index (κ3) is 4.72. The van der Waals surface area contributed by atoms with Crippen LogP contribution in [0.4, 0.5) is 18.9 Å². The van der Waals surface area contributed by atoms with Crippen molar-refractivity contribution in [3.05, 3.63) is 36.4 Å². The van der Waals surface area contributed by atoms with Crippen molar-refractivity contribution in [1.82, 2.24) is 0 Å². The standard InChI is InChI=1S/C11H12F3NO/c1-2-3-8-15-9-4-6-10(7-5-9)16-11(12,13)14/h2-7,15H,8H2,1H3. The fraction of sp³-hybridized carbons (Fsp3) is 0.273. The van der Waals surface area contributed by atoms with Crippen LogP contribution >= 0.6 is 0 Å². The van der Waals surface area contributed by atoms with E-state index in [0.29, 0.717) is 6.54 Å². The Labute approximate surface area is 91.7 Å². The molecule has 5 heteroatoms. The maximum atomic E-state index is 11.8. The first-order valence-corrected chi connectivity index (χ1v) is 4.72. The molecule has 0 aliphatic rings. The summed E-state index contributed by atoms with van der Waals surface area (Å²) in [6, 6.07) is 5.60. The molecule has 1 rings (SSSR count). The van der Waals surface area contributed by atoms with Crippen molar-refractivity contribution in [3.63, 3.8) is 0 Å². The van der Waals surface area contributed by atoms with Gasteiger partial charge in [-0.15, -0.1) is 13.2 Å². The van der Waals surface area contributed by atoms with Crippen LogP contribution in [0.3, 0.4) is 0 Å². The van der Waals surface area contributed by atoms with Crippen molar-refractivity contribution in [3.8, 4) is 5.75 Å². The van der Waals surface area contributed by atoms with Gasteiger partial charge >= 0.3 is 6.36 Å². The highest BCUT2D eigenvalue weighted by molar-refractivity contribution is 5.46. The van der Waals surface area contributed by atoms with Crippen LogP contribution < -0.4 is 10.1 Å². The minimum atomic E-state index is -4.64. The van der Waals surface area contributed by atoms with Gasteiger partial charge in [0.05, 0.1) is 0 Å². The summed E-state index contributed by atoms with van der Waals surface area (Å²) < 4.78 is 39.3. The number of anilines is 1. The first-order chi connectivity index (χ1) is 7.51. The first kappa shape index (κ1) is 12.4. The molecule has 1 aromatic carbocycles. The fourth-order valence-corrected chi connectivity index (χ4v) is 1.07. The summed E-state index contributed by atoms with van der Waals surface area (Å²) in [4.78, 5) is 0. The Bertz CT molecular complexity index is 343. The molecule has 88 valence electrons. The van der Waals surface area contributed by atoms with Crippen molar-refractivity contribution in [2.75, 3.05) is 11.9 Å². The lowest BCUT2D eigenvalue weighted by Crippen LogP contribution is -2.17. The van der Waals surface area contributed by atoms with Crippen LogP contribution in [-0.2, 0) is 0 Å². The third-order valence-corrected chi connectivity index (χ3v) is 1.75. The molecule has 0 saturated carbocycles. The minimum absolute atomic E-state index is 0.218. The number of ether oxygens (including phenoxy) is 1. The summed E-state index contributed by atoms with van der Waals surface area (Å²) in [6.07, 6.45) is -0.853. The summed E-state index contributed by atoms with van der Waals surface area (Å²) in [7, 11) is 0. The summed E-state index contributed by atoms with van der Waals surface area (Å²) >= 11 is 0. The maximum Gasteiger partial charge on any atom is 0.573 e. The monoisotopic (exact) mass is 231 g/mol. The van der Waals surface area contributed by atoms with Gasteiger partial charge in [-0.2, -0.15) is 0 Å². The number of halogens is 3. The van der Waals surface area contributed by atoms with Gasteiger partial charge in [0.1, 0.15) is 5.75 Å². The zero-order valence-electron chi connectivity index (χ0n) is 8.71. The zero-order valence-corrected chi connectivity index (χ0v) is 8.71. The predicted octanol–water partition coefficient (Wildman–Crippen LogP) is 3.57. The van der Waals surface area contributed by atoms with Crippen LogP contribution in [0.1, 0.15) is 6.92 Å². The fourth-order valence-electron chi connectivity index (χ4n) is 1.07. The van der Waals surface area contributed by atoms with E-state index in [9.17, 15) is 13.2 Å². The summed E-state index contributed by atoms with van der Waals surface area (Å²) in [5.74, 6) is -0.218. The third-order valence-electron chi connectivity index (χ3n) is 1.75.